The first-order chi connectivity index (χ1) is 12.8. The van der Waals surface area contributed by atoms with E-state index in [1.807, 2.05) is 54.2 Å². The average molecular weight is 341 g/mol. The lowest BCUT2D eigenvalue weighted by atomic mass is 10.1. The summed E-state index contributed by atoms with van der Waals surface area (Å²) in [6, 6.07) is 16.0. The lowest BCUT2D eigenvalue weighted by molar-refractivity contribution is 0.425. The Balaban J connectivity index is 1.55. The van der Waals surface area contributed by atoms with Crippen molar-refractivity contribution in [2.45, 2.75) is 13.3 Å². The van der Waals surface area contributed by atoms with Gasteiger partial charge in [-0.25, -0.2) is 9.50 Å². The molecule has 5 aromatic rings. The fraction of sp³-hybridized carbons (Fsp3) is 0.100. The summed E-state index contributed by atoms with van der Waals surface area (Å²) in [5, 5.41) is 9.75. The molecule has 4 aromatic heterocycles. The van der Waals surface area contributed by atoms with E-state index in [-0.39, 0.29) is 0 Å². The molecule has 0 atom stereocenters. The molecular weight excluding hydrogens is 326 g/mol. The molecule has 0 fully saturated rings. The highest BCUT2D eigenvalue weighted by Crippen LogP contribution is 2.20. The highest BCUT2D eigenvalue weighted by Gasteiger charge is 2.11. The Kier molecular flexibility index (Phi) is 3.28. The van der Waals surface area contributed by atoms with Crippen molar-refractivity contribution in [3.05, 3.63) is 77.9 Å². The van der Waals surface area contributed by atoms with Crippen molar-refractivity contribution in [1.29, 1.82) is 0 Å². The summed E-state index contributed by atoms with van der Waals surface area (Å²) in [6.07, 6.45) is 4.41. The number of pyridine rings is 1. The molecule has 0 saturated carbocycles. The molecule has 1 aromatic carbocycles. The Morgan fingerprint density at radius 3 is 2.88 bits per heavy atom. The minimum absolute atomic E-state index is 0.654. The van der Waals surface area contributed by atoms with Gasteiger partial charge in [0.1, 0.15) is 5.69 Å². The minimum Gasteiger partial charge on any atom is -0.354 e. The quantitative estimate of drug-likeness (QED) is 0.499. The van der Waals surface area contributed by atoms with E-state index in [1.165, 1.54) is 5.56 Å². The van der Waals surface area contributed by atoms with E-state index in [2.05, 4.69) is 38.4 Å². The number of fused-ring (bicyclic) bond motifs is 2. The second-order valence-corrected chi connectivity index (χ2v) is 6.28. The van der Waals surface area contributed by atoms with Crippen LogP contribution in [0.1, 0.15) is 17.0 Å². The molecule has 0 aliphatic rings. The third kappa shape index (κ3) is 2.52. The van der Waals surface area contributed by atoms with Crippen LogP contribution < -0.4 is 0 Å². The van der Waals surface area contributed by atoms with Gasteiger partial charge in [0.25, 0.3) is 0 Å². The van der Waals surface area contributed by atoms with Crippen molar-refractivity contribution in [3.8, 4) is 11.5 Å². The predicted octanol–water partition coefficient (Wildman–Crippen LogP) is 3.83. The number of benzene rings is 1. The Morgan fingerprint density at radius 1 is 1.04 bits per heavy atom. The van der Waals surface area contributed by atoms with Crippen LogP contribution in [0.5, 0.6) is 0 Å². The zero-order valence-electron chi connectivity index (χ0n) is 14.1. The molecule has 0 amide bonds. The van der Waals surface area contributed by atoms with Crippen LogP contribution in [-0.2, 0) is 6.42 Å². The van der Waals surface area contributed by atoms with Crippen LogP contribution in [0.3, 0.4) is 0 Å². The highest BCUT2D eigenvalue weighted by atomic mass is 16.5. The number of rotatable bonds is 3. The summed E-state index contributed by atoms with van der Waals surface area (Å²) in [7, 11) is 0. The molecule has 126 valence electrons. The minimum atomic E-state index is 0.654. The number of hydrogen-bond acceptors (Lipinski definition) is 5. The van der Waals surface area contributed by atoms with Crippen molar-refractivity contribution >= 4 is 16.6 Å². The molecule has 0 saturated heterocycles. The van der Waals surface area contributed by atoms with E-state index in [1.54, 1.807) is 0 Å². The first-order valence-electron chi connectivity index (χ1n) is 8.37. The molecule has 4 heterocycles. The molecule has 0 bridgehead atoms. The summed E-state index contributed by atoms with van der Waals surface area (Å²) in [5.74, 6) is 0.654. The number of aromatic nitrogens is 5. The maximum Gasteiger partial charge on any atom is 0.187 e. The van der Waals surface area contributed by atoms with Crippen molar-refractivity contribution in [2.24, 2.45) is 0 Å². The summed E-state index contributed by atoms with van der Waals surface area (Å²) >= 11 is 0. The van der Waals surface area contributed by atoms with Gasteiger partial charge < -0.3 is 4.52 Å². The molecule has 0 aliphatic carbocycles. The largest absolute Gasteiger partial charge is 0.354 e. The van der Waals surface area contributed by atoms with Gasteiger partial charge in [0.15, 0.2) is 11.4 Å². The van der Waals surface area contributed by atoms with E-state index in [4.69, 9.17) is 4.52 Å². The van der Waals surface area contributed by atoms with Crippen LogP contribution in [0.4, 0.5) is 0 Å². The van der Waals surface area contributed by atoms with Gasteiger partial charge in [-0.2, -0.15) is 5.10 Å². The molecule has 0 aliphatic heterocycles. The zero-order valence-corrected chi connectivity index (χ0v) is 14.1. The van der Waals surface area contributed by atoms with Crippen molar-refractivity contribution in [1.82, 2.24) is 24.7 Å². The molecular formula is C20H15N5O. The topological polar surface area (TPSA) is 69.1 Å². The number of imidazole rings is 1. The van der Waals surface area contributed by atoms with Crippen molar-refractivity contribution < 1.29 is 4.52 Å². The Hall–Kier alpha value is -3.54. The molecule has 6 nitrogen and oxygen atoms in total. The smallest absolute Gasteiger partial charge is 0.187 e. The van der Waals surface area contributed by atoms with E-state index < -0.39 is 0 Å². The maximum absolute atomic E-state index is 5.33. The third-order valence-corrected chi connectivity index (χ3v) is 4.37. The lowest BCUT2D eigenvalue weighted by Gasteiger charge is -2.04. The van der Waals surface area contributed by atoms with E-state index in [0.29, 0.717) is 5.76 Å². The summed E-state index contributed by atoms with van der Waals surface area (Å²) in [5.41, 5.74) is 5.58. The standard InChI is InChI=1S/C20H15N5O/c1-13-9-19(26-24-13)18-6-7-20-22-12-16(25(20)23-18)11-14-4-5-17-15(10-14)3-2-8-21-17/h2-10,12H,11H2,1H3. The lowest BCUT2D eigenvalue weighted by Crippen LogP contribution is -2.00. The monoisotopic (exact) mass is 341 g/mol. The third-order valence-electron chi connectivity index (χ3n) is 4.37. The molecule has 0 spiro atoms. The fourth-order valence-electron chi connectivity index (χ4n) is 3.10. The molecule has 0 unspecified atom stereocenters. The Bertz CT molecular complexity index is 1240. The first-order valence-corrected chi connectivity index (χ1v) is 8.37. The molecule has 26 heavy (non-hydrogen) atoms. The molecule has 0 N–H and O–H groups in total. The van der Waals surface area contributed by atoms with Crippen LogP contribution in [0.15, 0.2) is 65.4 Å². The average Bonchev–Trinajstić information content (AvgIpc) is 3.28. The predicted molar refractivity (Wildman–Crippen MR) is 97.8 cm³/mol. The molecule has 5 rings (SSSR count). The van der Waals surface area contributed by atoms with Crippen LogP contribution in [0.2, 0.25) is 0 Å². The zero-order chi connectivity index (χ0) is 17.5. The second kappa shape index (κ2) is 5.77. The molecule has 0 radical (unpaired) electrons. The van der Waals surface area contributed by atoms with Crippen LogP contribution >= 0.6 is 0 Å². The van der Waals surface area contributed by atoms with Crippen LogP contribution in [-0.4, -0.2) is 24.7 Å². The van der Waals surface area contributed by atoms with E-state index in [0.717, 1.165) is 40.1 Å². The van der Waals surface area contributed by atoms with Gasteiger partial charge in [0.2, 0.25) is 0 Å². The second-order valence-electron chi connectivity index (χ2n) is 6.28. The Morgan fingerprint density at radius 2 is 2.00 bits per heavy atom. The van der Waals surface area contributed by atoms with Gasteiger partial charge in [0, 0.05) is 24.1 Å². The SMILES string of the molecule is Cc1cc(-c2ccc3ncc(Cc4ccc5ncccc5c4)n3n2)on1. The molecule has 6 heteroatoms. The summed E-state index contributed by atoms with van der Waals surface area (Å²) < 4.78 is 7.19. The fourth-order valence-corrected chi connectivity index (χ4v) is 3.10. The van der Waals surface area contributed by atoms with E-state index >= 15 is 0 Å². The summed E-state index contributed by atoms with van der Waals surface area (Å²) in [4.78, 5) is 8.83. The van der Waals surface area contributed by atoms with Crippen LogP contribution in [0, 0.1) is 6.92 Å². The van der Waals surface area contributed by atoms with Gasteiger partial charge >= 0.3 is 0 Å². The van der Waals surface area contributed by atoms with Crippen LogP contribution in [0.25, 0.3) is 28.0 Å². The van der Waals surface area contributed by atoms with Gasteiger partial charge in [-0.1, -0.05) is 17.3 Å². The van der Waals surface area contributed by atoms with Crippen molar-refractivity contribution in [2.75, 3.05) is 0 Å². The highest BCUT2D eigenvalue weighted by molar-refractivity contribution is 5.79. The number of hydrogen-bond donors (Lipinski definition) is 0. The van der Waals surface area contributed by atoms with Gasteiger partial charge in [-0.05, 0) is 42.8 Å². The van der Waals surface area contributed by atoms with Gasteiger partial charge in [0.05, 0.1) is 23.1 Å². The number of nitrogens with zero attached hydrogens (tertiary/aromatic N) is 5. The van der Waals surface area contributed by atoms with E-state index in [9.17, 15) is 0 Å². The Labute approximate surface area is 149 Å². The van der Waals surface area contributed by atoms with Gasteiger partial charge in [-0.3, -0.25) is 4.98 Å². The maximum atomic E-state index is 5.33. The number of aryl methyl sites for hydroxylation is 1. The first kappa shape index (κ1) is 14.8. The van der Waals surface area contributed by atoms with Gasteiger partial charge in [-0.15, -0.1) is 0 Å². The van der Waals surface area contributed by atoms with Crippen molar-refractivity contribution in [3.63, 3.8) is 0 Å². The normalized spacial score (nSPS) is 11.4. The summed E-state index contributed by atoms with van der Waals surface area (Å²) in [6.45, 7) is 1.89.